The number of piperidine rings is 1. The molecular formula is C17H21N3O2S. The van der Waals surface area contributed by atoms with Gasteiger partial charge in [-0.15, -0.1) is 0 Å². The Labute approximate surface area is 139 Å². The summed E-state index contributed by atoms with van der Waals surface area (Å²) >= 11 is 1.36. The predicted molar refractivity (Wildman–Crippen MR) is 90.5 cm³/mol. The van der Waals surface area contributed by atoms with Crippen molar-refractivity contribution in [3.05, 3.63) is 24.3 Å². The first-order valence-electron chi connectivity index (χ1n) is 8.30. The SMILES string of the molecule is O=C(CSc1nc2ccccc2o1)NC1CCN(C2CC2)CC1. The highest BCUT2D eigenvalue weighted by Gasteiger charge is 2.32. The molecule has 1 aliphatic carbocycles. The number of hydrogen-bond acceptors (Lipinski definition) is 5. The summed E-state index contributed by atoms with van der Waals surface area (Å²) in [4.78, 5) is 19.1. The molecule has 5 nitrogen and oxygen atoms in total. The maximum absolute atomic E-state index is 12.1. The third-order valence-corrected chi connectivity index (χ3v) is 5.39. The largest absolute Gasteiger partial charge is 0.431 e. The topological polar surface area (TPSA) is 58.4 Å². The van der Waals surface area contributed by atoms with Crippen molar-refractivity contribution in [3.63, 3.8) is 0 Å². The molecule has 23 heavy (non-hydrogen) atoms. The maximum Gasteiger partial charge on any atom is 0.257 e. The number of aromatic nitrogens is 1. The smallest absolute Gasteiger partial charge is 0.257 e. The van der Waals surface area contributed by atoms with Crippen molar-refractivity contribution in [2.24, 2.45) is 0 Å². The van der Waals surface area contributed by atoms with Crippen LogP contribution in [0.1, 0.15) is 25.7 Å². The van der Waals surface area contributed by atoms with Gasteiger partial charge < -0.3 is 14.6 Å². The summed E-state index contributed by atoms with van der Waals surface area (Å²) in [7, 11) is 0. The zero-order chi connectivity index (χ0) is 15.6. The quantitative estimate of drug-likeness (QED) is 0.854. The van der Waals surface area contributed by atoms with Crippen LogP contribution in [0.15, 0.2) is 33.9 Å². The molecule has 2 fully saturated rings. The Morgan fingerprint density at radius 3 is 2.78 bits per heavy atom. The molecule has 0 spiro atoms. The van der Waals surface area contributed by atoms with E-state index in [0.717, 1.165) is 43.1 Å². The zero-order valence-corrected chi connectivity index (χ0v) is 13.8. The second-order valence-electron chi connectivity index (χ2n) is 6.35. The fourth-order valence-electron chi connectivity index (χ4n) is 3.16. The van der Waals surface area contributed by atoms with Crippen LogP contribution in [0.2, 0.25) is 0 Å². The fraction of sp³-hybridized carbons (Fsp3) is 0.529. The van der Waals surface area contributed by atoms with E-state index in [2.05, 4.69) is 15.2 Å². The van der Waals surface area contributed by atoms with Gasteiger partial charge in [0.1, 0.15) is 5.52 Å². The lowest BCUT2D eigenvalue weighted by atomic mass is 10.1. The molecule has 2 aromatic rings. The molecule has 0 unspecified atom stereocenters. The van der Waals surface area contributed by atoms with Gasteiger partial charge >= 0.3 is 0 Å². The monoisotopic (exact) mass is 331 g/mol. The molecule has 1 aromatic heterocycles. The van der Waals surface area contributed by atoms with E-state index in [9.17, 15) is 4.79 Å². The molecule has 0 bridgehead atoms. The van der Waals surface area contributed by atoms with E-state index in [-0.39, 0.29) is 5.91 Å². The number of carbonyl (C=O) groups excluding carboxylic acids is 1. The van der Waals surface area contributed by atoms with Crippen LogP contribution in [0.4, 0.5) is 0 Å². The molecule has 122 valence electrons. The summed E-state index contributed by atoms with van der Waals surface area (Å²) < 4.78 is 5.62. The summed E-state index contributed by atoms with van der Waals surface area (Å²) in [6.45, 7) is 2.24. The van der Waals surface area contributed by atoms with Gasteiger partial charge in [-0.1, -0.05) is 23.9 Å². The normalized spacial score (nSPS) is 20.0. The van der Waals surface area contributed by atoms with E-state index in [4.69, 9.17) is 4.42 Å². The average Bonchev–Trinajstić information content (AvgIpc) is 3.33. The number of rotatable bonds is 5. The lowest BCUT2D eigenvalue weighted by Crippen LogP contribution is -2.45. The summed E-state index contributed by atoms with van der Waals surface area (Å²) in [6.07, 6.45) is 4.85. The second kappa shape index (κ2) is 6.53. The van der Waals surface area contributed by atoms with Crippen molar-refractivity contribution in [1.29, 1.82) is 0 Å². The van der Waals surface area contributed by atoms with Crippen LogP contribution in [-0.2, 0) is 4.79 Å². The van der Waals surface area contributed by atoms with Crippen LogP contribution in [-0.4, -0.2) is 46.7 Å². The molecule has 1 N–H and O–H groups in total. The molecule has 0 radical (unpaired) electrons. The Balaban J connectivity index is 1.24. The number of carbonyl (C=O) groups is 1. The van der Waals surface area contributed by atoms with Crippen LogP contribution in [0.25, 0.3) is 11.1 Å². The van der Waals surface area contributed by atoms with Gasteiger partial charge in [-0.2, -0.15) is 0 Å². The first-order chi connectivity index (χ1) is 11.3. The molecule has 4 rings (SSSR count). The first kappa shape index (κ1) is 15.0. The number of likely N-dealkylation sites (tertiary alicyclic amines) is 1. The van der Waals surface area contributed by atoms with Gasteiger partial charge in [0.05, 0.1) is 5.75 Å². The average molecular weight is 331 g/mol. The van der Waals surface area contributed by atoms with Gasteiger partial charge in [0.15, 0.2) is 5.58 Å². The highest BCUT2D eigenvalue weighted by atomic mass is 32.2. The summed E-state index contributed by atoms with van der Waals surface area (Å²) in [5, 5.41) is 3.71. The molecule has 0 atom stereocenters. The Morgan fingerprint density at radius 1 is 1.26 bits per heavy atom. The van der Waals surface area contributed by atoms with E-state index < -0.39 is 0 Å². The van der Waals surface area contributed by atoms with Crippen LogP contribution in [0.5, 0.6) is 0 Å². The zero-order valence-electron chi connectivity index (χ0n) is 13.0. The van der Waals surface area contributed by atoms with Crippen LogP contribution in [0.3, 0.4) is 0 Å². The van der Waals surface area contributed by atoms with E-state index in [0.29, 0.717) is 17.0 Å². The lowest BCUT2D eigenvalue weighted by Gasteiger charge is -2.32. The number of oxazole rings is 1. The lowest BCUT2D eigenvalue weighted by molar-refractivity contribution is -0.119. The van der Waals surface area contributed by atoms with Gasteiger partial charge in [-0.3, -0.25) is 4.79 Å². The van der Waals surface area contributed by atoms with E-state index in [1.54, 1.807) is 0 Å². The number of thioether (sulfide) groups is 1. The number of hydrogen-bond donors (Lipinski definition) is 1. The number of amides is 1. The molecule has 2 aliphatic rings. The van der Waals surface area contributed by atoms with Crippen molar-refractivity contribution >= 4 is 28.8 Å². The number of fused-ring (bicyclic) bond motifs is 1. The summed E-state index contributed by atoms with van der Waals surface area (Å²) in [5.41, 5.74) is 1.60. The third kappa shape index (κ3) is 3.70. The Bertz CT molecular complexity index is 657. The summed E-state index contributed by atoms with van der Waals surface area (Å²) in [6, 6.07) is 8.81. The summed E-state index contributed by atoms with van der Waals surface area (Å²) in [5.74, 6) is 0.428. The van der Waals surface area contributed by atoms with Crippen molar-refractivity contribution < 1.29 is 9.21 Å². The van der Waals surface area contributed by atoms with Gasteiger partial charge in [0.25, 0.3) is 5.22 Å². The minimum atomic E-state index is 0.0714. The Morgan fingerprint density at radius 2 is 2.04 bits per heavy atom. The van der Waals surface area contributed by atoms with Crippen molar-refractivity contribution in [2.75, 3.05) is 18.8 Å². The molecule has 1 saturated carbocycles. The van der Waals surface area contributed by atoms with E-state index in [1.165, 1.54) is 24.6 Å². The number of nitrogens with zero attached hydrogens (tertiary/aromatic N) is 2. The number of para-hydroxylation sites is 2. The maximum atomic E-state index is 12.1. The molecule has 2 heterocycles. The van der Waals surface area contributed by atoms with Crippen molar-refractivity contribution in [3.8, 4) is 0 Å². The van der Waals surface area contributed by atoms with Crippen LogP contribution >= 0.6 is 11.8 Å². The highest BCUT2D eigenvalue weighted by Crippen LogP contribution is 2.29. The number of benzene rings is 1. The molecule has 1 amide bonds. The van der Waals surface area contributed by atoms with Crippen LogP contribution < -0.4 is 5.32 Å². The highest BCUT2D eigenvalue weighted by molar-refractivity contribution is 7.99. The van der Waals surface area contributed by atoms with E-state index in [1.807, 2.05) is 24.3 Å². The minimum Gasteiger partial charge on any atom is -0.431 e. The Kier molecular flexibility index (Phi) is 4.27. The van der Waals surface area contributed by atoms with Crippen LogP contribution in [0, 0.1) is 0 Å². The predicted octanol–water partition coefficient (Wildman–Crippen LogP) is 2.66. The molecule has 1 aromatic carbocycles. The van der Waals surface area contributed by atoms with Crippen molar-refractivity contribution in [1.82, 2.24) is 15.2 Å². The standard InChI is InChI=1S/C17H21N3O2S/c21-16(18-12-7-9-20(10-8-12)13-5-6-13)11-23-17-19-14-3-1-2-4-15(14)22-17/h1-4,12-13H,5-11H2,(H,18,21). The Hall–Kier alpha value is -1.53. The van der Waals surface area contributed by atoms with Gasteiger partial charge in [0.2, 0.25) is 5.91 Å². The molecule has 6 heteroatoms. The molecular weight excluding hydrogens is 310 g/mol. The first-order valence-corrected chi connectivity index (χ1v) is 9.28. The molecule has 1 aliphatic heterocycles. The fourth-order valence-corrected chi connectivity index (χ4v) is 3.81. The van der Waals surface area contributed by atoms with Gasteiger partial charge in [0, 0.05) is 25.2 Å². The van der Waals surface area contributed by atoms with Gasteiger partial charge in [-0.05, 0) is 37.8 Å². The molecule has 1 saturated heterocycles. The number of nitrogens with one attached hydrogen (secondary N) is 1. The van der Waals surface area contributed by atoms with Gasteiger partial charge in [-0.25, -0.2) is 4.98 Å². The van der Waals surface area contributed by atoms with Crippen molar-refractivity contribution in [2.45, 2.75) is 43.0 Å². The third-order valence-electron chi connectivity index (χ3n) is 4.56. The second-order valence-corrected chi connectivity index (χ2v) is 7.27. The van der Waals surface area contributed by atoms with E-state index >= 15 is 0 Å². The minimum absolute atomic E-state index is 0.0714.